The second-order valence-corrected chi connectivity index (χ2v) is 6.77. The number of benzene rings is 1. The molecule has 1 aliphatic rings. The Balaban J connectivity index is 1.48. The summed E-state index contributed by atoms with van der Waals surface area (Å²) in [6, 6.07) is 19.2. The minimum absolute atomic E-state index is 0.874. The van der Waals surface area contributed by atoms with Crippen LogP contribution in [0.3, 0.4) is 0 Å². The molecule has 0 N–H and O–H groups in total. The molecule has 0 radical (unpaired) electrons. The lowest BCUT2D eigenvalue weighted by atomic mass is 10.1. The van der Waals surface area contributed by atoms with Crippen molar-refractivity contribution < 1.29 is 0 Å². The van der Waals surface area contributed by atoms with E-state index in [0.29, 0.717) is 0 Å². The lowest BCUT2D eigenvalue weighted by molar-refractivity contribution is 0.280. The zero-order chi connectivity index (χ0) is 17.6. The molecule has 0 unspecified atom stereocenters. The van der Waals surface area contributed by atoms with Gasteiger partial charge in [-0.25, -0.2) is 4.98 Å². The Morgan fingerprint density at radius 3 is 2.50 bits per heavy atom. The van der Waals surface area contributed by atoms with Gasteiger partial charge >= 0.3 is 0 Å². The Hall–Kier alpha value is -2.72. The molecule has 1 aliphatic heterocycles. The summed E-state index contributed by atoms with van der Waals surface area (Å²) in [5, 5.41) is 0. The fourth-order valence-corrected chi connectivity index (χ4v) is 3.51. The zero-order valence-electron chi connectivity index (χ0n) is 15.0. The van der Waals surface area contributed by atoms with Crippen LogP contribution in [0.25, 0.3) is 0 Å². The molecular weight excluding hydrogens is 320 g/mol. The number of rotatable bonds is 5. The van der Waals surface area contributed by atoms with Gasteiger partial charge < -0.3 is 4.90 Å². The van der Waals surface area contributed by atoms with E-state index in [1.165, 1.54) is 16.7 Å². The number of fused-ring (bicyclic) bond motifs is 1. The van der Waals surface area contributed by atoms with Gasteiger partial charge in [0.1, 0.15) is 5.82 Å². The molecule has 0 aliphatic carbocycles. The van der Waals surface area contributed by atoms with Crippen LogP contribution in [-0.2, 0) is 19.5 Å². The molecule has 2 aromatic heterocycles. The summed E-state index contributed by atoms with van der Waals surface area (Å²) in [6.07, 6.45) is 6.70. The first-order chi connectivity index (χ1) is 12.9. The quantitative estimate of drug-likeness (QED) is 0.709. The van der Waals surface area contributed by atoms with Crippen molar-refractivity contribution in [3.05, 3.63) is 89.9 Å². The fourth-order valence-electron chi connectivity index (χ4n) is 3.51. The van der Waals surface area contributed by atoms with Crippen molar-refractivity contribution >= 4 is 5.82 Å². The van der Waals surface area contributed by atoms with Gasteiger partial charge in [-0.15, -0.1) is 0 Å². The standard InChI is InChI=1S/C22H24N4/c1-2-5-19(6-3-1)10-14-25-15-16-26(17-20-8-12-23-13-9-20)22-21(18-25)7-4-11-24-22/h1-9,11-13H,10,14-18H2. The van der Waals surface area contributed by atoms with E-state index in [0.717, 1.165) is 45.0 Å². The molecule has 3 heterocycles. The highest BCUT2D eigenvalue weighted by Gasteiger charge is 2.20. The van der Waals surface area contributed by atoms with Crippen molar-refractivity contribution in [2.45, 2.75) is 19.5 Å². The Bertz CT molecular complexity index is 820. The Kier molecular flexibility index (Phi) is 5.22. The molecule has 0 saturated carbocycles. The van der Waals surface area contributed by atoms with Gasteiger partial charge in [-0.1, -0.05) is 36.4 Å². The van der Waals surface area contributed by atoms with Gasteiger partial charge in [-0.2, -0.15) is 0 Å². The predicted octanol–water partition coefficient (Wildman–Crippen LogP) is 3.54. The van der Waals surface area contributed by atoms with Crippen LogP contribution in [0.2, 0.25) is 0 Å². The van der Waals surface area contributed by atoms with Crippen LogP contribution < -0.4 is 4.90 Å². The predicted molar refractivity (Wildman–Crippen MR) is 105 cm³/mol. The maximum atomic E-state index is 4.69. The second-order valence-electron chi connectivity index (χ2n) is 6.77. The van der Waals surface area contributed by atoms with Crippen LogP contribution in [0.5, 0.6) is 0 Å². The third kappa shape index (κ3) is 4.09. The Morgan fingerprint density at radius 1 is 0.808 bits per heavy atom. The molecule has 132 valence electrons. The van der Waals surface area contributed by atoms with E-state index in [2.05, 4.69) is 63.3 Å². The molecule has 0 bridgehead atoms. The molecule has 26 heavy (non-hydrogen) atoms. The smallest absolute Gasteiger partial charge is 0.133 e. The fraction of sp³-hybridized carbons (Fsp3) is 0.273. The highest BCUT2D eigenvalue weighted by molar-refractivity contribution is 5.48. The third-order valence-electron chi connectivity index (χ3n) is 4.93. The molecule has 4 heteroatoms. The topological polar surface area (TPSA) is 32.3 Å². The maximum Gasteiger partial charge on any atom is 0.133 e. The first-order valence-corrected chi connectivity index (χ1v) is 9.22. The van der Waals surface area contributed by atoms with E-state index in [4.69, 9.17) is 4.98 Å². The summed E-state index contributed by atoms with van der Waals surface area (Å²) in [4.78, 5) is 13.8. The normalized spacial score (nSPS) is 14.7. The average Bonchev–Trinajstić information content (AvgIpc) is 2.88. The van der Waals surface area contributed by atoms with Gasteiger partial charge in [-0.3, -0.25) is 9.88 Å². The molecule has 4 rings (SSSR count). The van der Waals surface area contributed by atoms with Crippen molar-refractivity contribution in [3.63, 3.8) is 0 Å². The molecule has 1 aromatic carbocycles. The summed E-state index contributed by atoms with van der Waals surface area (Å²) in [6.45, 7) is 4.94. The number of pyridine rings is 2. The molecule has 0 amide bonds. The second kappa shape index (κ2) is 8.11. The lowest BCUT2D eigenvalue weighted by Gasteiger charge is -2.24. The highest BCUT2D eigenvalue weighted by Crippen LogP contribution is 2.24. The van der Waals surface area contributed by atoms with E-state index in [-0.39, 0.29) is 0 Å². The van der Waals surface area contributed by atoms with Gasteiger partial charge in [0.2, 0.25) is 0 Å². The lowest BCUT2D eigenvalue weighted by Crippen LogP contribution is -2.32. The third-order valence-corrected chi connectivity index (χ3v) is 4.93. The molecule has 0 saturated heterocycles. The number of nitrogens with zero attached hydrogens (tertiary/aromatic N) is 4. The first kappa shape index (κ1) is 16.7. The minimum atomic E-state index is 0.874. The molecule has 0 fully saturated rings. The summed E-state index contributed by atoms with van der Waals surface area (Å²) in [5.74, 6) is 1.12. The van der Waals surface area contributed by atoms with Crippen LogP contribution >= 0.6 is 0 Å². The molecule has 0 atom stereocenters. The van der Waals surface area contributed by atoms with E-state index in [1.54, 1.807) is 0 Å². The molecule has 0 spiro atoms. The number of hydrogen-bond acceptors (Lipinski definition) is 4. The van der Waals surface area contributed by atoms with Crippen LogP contribution in [0, 0.1) is 0 Å². The largest absolute Gasteiger partial charge is 0.351 e. The van der Waals surface area contributed by atoms with Crippen molar-refractivity contribution in [1.29, 1.82) is 0 Å². The monoisotopic (exact) mass is 344 g/mol. The average molecular weight is 344 g/mol. The van der Waals surface area contributed by atoms with Gasteiger partial charge in [0.05, 0.1) is 0 Å². The number of aromatic nitrogens is 2. The van der Waals surface area contributed by atoms with Crippen molar-refractivity contribution in [1.82, 2.24) is 14.9 Å². The number of hydrogen-bond donors (Lipinski definition) is 0. The first-order valence-electron chi connectivity index (χ1n) is 9.22. The van der Waals surface area contributed by atoms with Crippen molar-refractivity contribution in [3.8, 4) is 0 Å². The summed E-state index contributed by atoms with van der Waals surface area (Å²) >= 11 is 0. The molecule has 3 aromatic rings. The van der Waals surface area contributed by atoms with E-state index in [1.807, 2.05) is 24.7 Å². The zero-order valence-corrected chi connectivity index (χ0v) is 15.0. The Labute approximate surface area is 155 Å². The minimum Gasteiger partial charge on any atom is -0.351 e. The van der Waals surface area contributed by atoms with Crippen LogP contribution in [0.4, 0.5) is 5.82 Å². The molecule has 4 nitrogen and oxygen atoms in total. The van der Waals surface area contributed by atoms with Gasteiger partial charge in [0.15, 0.2) is 0 Å². The highest BCUT2D eigenvalue weighted by atomic mass is 15.2. The Morgan fingerprint density at radius 2 is 1.65 bits per heavy atom. The summed E-state index contributed by atoms with van der Waals surface area (Å²) in [5.41, 5.74) is 3.98. The van der Waals surface area contributed by atoms with Gasteiger partial charge in [0.25, 0.3) is 0 Å². The summed E-state index contributed by atoms with van der Waals surface area (Å²) in [7, 11) is 0. The van der Waals surface area contributed by atoms with E-state index < -0.39 is 0 Å². The van der Waals surface area contributed by atoms with Crippen molar-refractivity contribution in [2.24, 2.45) is 0 Å². The van der Waals surface area contributed by atoms with Gasteiger partial charge in [0, 0.05) is 56.9 Å². The van der Waals surface area contributed by atoms with E-state index >= 15 is 0 Å². The van der Waals surface area contributed by atoms with Gasteiger partial charge in [-0.05, 0) is 35.7 Å². The van der Waals surface area contributed by atoms with Crippen LogP contribution in [-0.4, -0.2) is 34.5 Å². The van der Waals surface area contributed by atoms with E-state index in [9.17, 15) is 0 Å². The SMILES string of the molecule is c1ccc(CCN2CCN(Cc3ccncc3)c3ncccc3C2)cc1. The summed E-state index contributed by atoms with van der Waals surface area (Å²) < 4.78 is 0. The van der Waals surface area contributed by atoms with Crippen LogP contribution in [0.15, 0.2) is 73.2 Å². The van der Waals surface area contributed by atoms with Crippen molar-refractivity contribution in [2.75, 3.05) is 24.5 Å². The maximum absolute atomic E-state index is 4.69. The molecular formula is C22H24N4. The number of anilines is 1. The van der Waals surface area contributed by atoms with Crippen LogP contribution in [0.1, 0.15) is 16.7 Å².